The number of hydrogen-bond donors (Lipinski definition) is 2. The average molecular weight is 333 g/mol. The van der Waals surface area contributed by atoms with Crippen LogP contribution in [0.5, 0.6) is 5.75 Å². The Morgan fingerprint density at radius 2 is 1.87 bits per heavy atom. The standard InChI is InChI=1S/C14H14F3NO5/c1-7(19)18-11(13(21)22)6-9-3-4-12(23-8(2)20)10(5-9)14(15,16)17/h3-5,11H,6H2,1-2H3,(H,18,19)(H,21,22)/t11-/m0/s1. The monoisotopic (exact) mass is 333 g/mol. The maximum absolute atomic E-state index is 13.0. The van der Waals surface area contributed by atoms with Crippen LogP contribution in [0.3, 0.4) is 0 Å². The highest BCUT2D eigenvalue weighted by Crippen LogP contribution is 2.37. The van der Waals surface area contributed by atoms with Gasteiger partial charge in [0.1, 0.15) is 11.8 Å². The maximum Gasteiger partial charge on any atom is 0.419 e. The number of amides is 1. The Morgan fingerprint density at radius 3 is 2.30 bits per heavy atom. The minimum absolute atomic E-state index is 0.0226. The molecule has 1 rings (SSSR count). The van der Waals surface area contributed by atoms with Gasteiger partial charge in [-0.25, -0.2) is 4.79 Å². The van der Waals surface area contributed by atoms with Crippen LogP contribution in [-0.2, 0) is 27.0 Å². The highest BCUT2D eigenvalue weighted by molar-refractivity contribution is 5.82. The topological polar surface area (TPSA) is 92.7 Å². The Morgan fingerprint density at radius 1 is 1.26 bits per heavy atom. The second-order valence-electron chi connectivity index (χ2n) is 4.72. The molecular formula is C14H14F3NO5. The van der Waals surface area contributed by atoms with E-state index in [9.17, 15) is 27.6 Å². The summed E-state index contributed by atoms with van der Waals surface area (Å²) in [6, 6.07) is 1.46. The zero-order valence-corrected chi connectivity index (χ0v) is 12.2. The van der Waals surface area contributed by atoms with Crippen molar-refractivity contribution in [3.05, 3.63) is 29.3 Å². The Kier molecular flexibility index (Phi) is 5.72. The number of halogens is 3. The number of aliphatic carboxylic acids is 1. The summed E-state index contributed by atoms with van der Waals surface area (Å²) in [4.78, 5) is 32.8. The zero-order chi connectivity index (χ0) is 17.8. The van der Waals surface area contributed by atoms with E-state index in [-0.39, 0.29) is 12.0 Å². The van der Waals surface area contributed by atoms with Crippen LogP contribution in [0.15, 0.2) is 18.2 Å². The summed E-state index contributed by atoms with van der Waals surface area (Å²) in [6.07, 6.45) is -5.13. The van der Waals surface area contributed by atoms with Crippen LogP contribution in [0.4, 0.5) is 13.2 Å². The van der Waals surface area contributed by atoms with Gasteiger partial charge in [-0.3, -0.25) is 9.59 Å². The van der Waals surface area contributed by atoms with E-state index in [0.29, 0.717) is 6.07 Å². The summed E-state index contributed by atoms with van der Waals surface area (Å²) in [5, 5.41) is 11.1. The van der Waals surface area contributed by atoms with Crippen LogP contribution in [0.2, 0.25) is 0 Å². The van der Waals surface area contributed by atoms with E-state index < -0.39 is 41.4 Å². The third-order valence-electron chi connectivity index (χ3n) is 2.72. The van der Waals surface area contributed by atoms with Gasteiger partial charge >= 0.3 is 18.1 Å². The molecule has 23 heavy (non-hydrogen) atoms. The quantitative estimate of drug-likeness (QED) is 0.633. The van der Waals surface area contributed by atoms with Crippen molar-refractivity contribution in [3.8, 4) is 5.75 Å². The van der Waals surface area contributed by atoms with E-state index >= 15 is 0 Å². The lowest BCUT2D eigenvalue weighted by molar-refractivity contribution is -0.142. The van der Waals surface area contributed by atoms with Crippen LogP contribution in [0.25, 0.3) is 0 Å². The number of benzene rings is 1. The van der Waals surface area contributed by atoms with Crippen molar-refractivity contribution in [1.82, 2.24) is 5.32 Å². The first-order chi connectivity index (χ1) is 10.5. The van der Waals surface area contributed by atoms with Gasteiger partial charge in [0.2, 0.25) is 5.91 Å². The fraction of sp³-hybridized carbons (Fsp3) is 0.357. The van der Waals surface area contributed by atoms with Crippen molar-refractivity contribution in [1.29, 1.82) is 0 Å². The third kappa shape index (κ3) is 5.61. The first-order valence-electron chi connectivity index (χ1n) is 6.39. The summed E-state index contributed by atoms with van der Waals surface area (Å²) in [7, 11) is 0. The number of carbonyl (C=O) groups is 3. The van der Waals surface area contributed by atoms with Gasteiger partial charge in [-0.2, -0.15) is 13.2 Å². The van der Waals surface area contributed by atoms with E-state index in [2.05, 4.69) is 10.1 Å². The molecule has 0 unspecified atom stereocenters. The second-order valence-corrected chi connectivity index (χ2v) is 4.72. The smallest absolute Gasteiger partial charge is 0.419 e. The lowest BCUT2D eigenvalue weighted by atomic mass is 10.0. The summed E-state index contributed by atoms with van der Waals surface area (Å²) in [6.45, 7) is 2.06. The molecule has 9 heteroatoms. The molecule has 1 atom stereocenters. The molecule has 0 saturated carbocycles. The molecule has 1 aromatic rings. The number of carboxylic acids is 1. The normalized spacial score (nSPS) is 12.4. The van der Waals surface area contributed by atoms with Crippen LogP contribution in [0, 0.1) is 0 Å². The van der Waals surface area contributed by atoms with E-state index in [4.69, 9.17) is 5.11 Å². The molecule has 0 bridgehead atoms. The first-order valence-corrected chi connectivity index (χ1v) is 6.39. The molecule has 0 spiro atoms. The summed E-state index contributed by atoms with van der Waals surface area (Å²) >= 11 is 0. The largest absolute Gasteiger partial charge is 0.480 e. The van der Waals surface area contributed by atoms with Crippen molar-refractivity contribution < 1.29 is 37.4 Å². The molecule has 0 saturated heterocycles. The third-order valence-corrected chi connectivity index (χ3v) is 2.72. The number of ether oxygens (including phenoxy) is 1. The van der Waals surface area contributed by atoms with Crippen molar-refractivity contribution in [2.24, 2.45) is 0 Å². The summed E-state index contributed by atoms with van der Waals surface area (Å²) in [5.74, 6) is -3.58. The Bertz CT molecular complexity index is 627. The molecule has 0 aromatic heterocycles. The number of hydrogen-bond acceptors (Lipinski definition) is 4. The molecule has 0 aliphatic carbocycles. The lowest BCUT2D eigenvalue weighted by Crippen LogP contribution is -2.41. The van der Waals surface area contributed by atoms with Crippen molar-refractivity contribution in [3.63, 3.8) is 0 Å². The Balaban J connectivity index is 3.16. The average Bonchev–Trinajstić information content (AvgIpc) is 2.37. The number of esters is 1. The Hall–Kier alpha value is -2.58. The fourth-order valence-electron chi connectivity index (χ4n) is 1.85. The van der Waals surface area contributed by atoms with Gasteiger partial charge in [0.25, 0.3) is 0 Å². The fourth-order valence-corrected chi connectivity index (χ4v) is 1.85. The molecule has 0 fully saturated rings. The minimum Gasteiger partial charge on any atom is -0.480 e. The summed E-state index contributed by atoms with van der Waals surface area (Å²) in [5.41, 5.74) is -1.17. The molecule has 0 aliphatic rings. The van der Waals surface area contributed by atoms with Gasteiger partial charge in [-0.15, -0.1) is 0 Å². The Labute approximate surface area is 129 Å². The molecule has 126 valence electrons. The van der Waals surface area contributed by atoms with Crippen LogP contribution >= 0.6 is 0 Å². The summed E-state index contributed by atoms with van der Waals surface area (Å²) < 4.78 is 43.5. The minimum atomic E-state index is -4.78. The van der Waals surface area contributed by atoms with Crippen LogP contribution < -0.4 is 10.1 Å². The molecule has 6 nitrogen and oxygen atoms in total. The van der Waals surface area contributed by atoms with Gasteiger partial charge in [-0.1, -0.05) is 6.07 Å². The number of alkyl halides is 3. The molecule has 0 radical (unpaired) electrons. The van der Waals surface area contributed by atoms with Crippen molar-refractivity contribution in [2.45, 2.75) is 32.5 Å². The van der Waals surface area contributed by atoms with E-state index in [0.717, 1.165) is 19.9 Å². The molecule has 1 amide bonds. The van der Waals surface area contributed by atoms with Crippen LogP contribution in [0.1, 0.15) is 25.0 Å². The molecule has 2 N–H and O–H groups in total. The van der Waals surface area contributed by atoms with Gasteiger partial charge in [0.05, 0.1) is 5.56 Å². The van der Waals surface area contributed by atoms with Crippen molar-refractivity contribution in [2.75, 3.05) is 0 Å². The molecular weight excluding hydrogens is 319 g/mol. The van der Waals surface area contributed by atoms with Gasteiger partial charge in [-0.05, 0) is 17.7 Å². The number of nitrogens with one attached hydrogen (secondary N) is 1. The highest BCUT2D eigenvalue weighted by atomic mass is 19.4. The van der Waals surface area contributed by atoms with Gasteiger partial charge in [0.15, 0.2) is 0 Å². The second kappa shape index (κ2) is 7.12. The molecule has 0 aliphatic heterocycles. The van der Waals surface area contributed by atoms with Gasteiger partial charge < -0.3 is 15.2 Å². The van der Waals surface area contributed by atoms with Gasteiger partial charge in [0, 0.05) is 20.3 Å². The predicted octanol–water partition coefficient (Wildman–Crippen LogP) is 1.76. The predicted molar refractivity (Wildman–Crippen MR) is 71.7 cm³/mol. The maximum atomic E-state index is 13.0. The highest BCUT2D eigenvalue weighted by Gasteiger charge is 2.35. The number of carbonyl (C=O) groups excluding carboxylic acids is 2. The van der Waals surface area contributed by atoms with Crippen LogP contribution in [-0.4, -0.2) is 29.0 Å². The lowest BCUT2D eigenvalue weighted by Gasteiger charge is -2.16. The molecule has 1 aromatic carbocycles. The van der Waals surface area contributed by atoms with Crippen molar-refractivity contribution >= 4 is 17.8 Å². The van der Waals surface area contributed by atoms with E-state index in [1.807, 2.05) is 0 Å². The number of rotatable bonds is 5. The SMILES string of the molecule is CC(=O)N[C@@H](Cc1ccc(OC(C)=O)c(C(F)(F)F)c1)C(=O)O. The molecule has 0 heterocycles. The van der Waals surface area contributed by atoms with E-state index in [1.165, 1.54) is 6.07 Å². The van der Waals surface area contributed by atoms with E-state index in [1.54, 1.807) is 0 Å². The first kappa shape index (κ1) is 18.5. The number of carboxylic acid groups (broad SMARTS) is 1. The zero-order valence-electron chi connectivity index (χ0n) is 12.2.